The fourth-order valence-electron chi connectivity index (χ4n) is 3.37. The summed E-state index contributed by atoms with van der Waals surface area (Å²) in [6.07, 6.45) is -0.581. The summed E-state index contributed by atoms with van der Waals surface area (Å²) in [5, 5.41) is 8.96. The fraction of sp³-hybridized carbons (Fsp3) is 0.389. The average Bonchev–Trinajstić information content (AvgIpc) is 3.12. The van der Waals surface area contributed by atoms with Gasteiger partial charge in [0, 0.05) is 37.6 Å². The number of hydrogen-bond donors (Lipinski definition) is 0. The number of nitriles is 1. The molecule has 0 aliphatic carbocycles. The molecule has 0 radical (unpaired) electrons. The van der Waals surface area contributed by atoms with E-state index in [0.717, 1.165) is 24.8 Å². The SMILES string of the molecule is CCN(c1ccc(C#N)c(C(F)(F)F)c1)C1CCN(c2ccncn2)C1. The summed E-state index contributed by atoms with van der Waals surface area (Å²) in [4.78, 5) is 12.2. The molecule has 1 aliphatic heterocycles. The maximum Gasteiger partial charge on any atom is 0.417 e. The van der Waals surface area contributed by atoms with Gasteiger partial charge in [0.25, 0.3) is 0 Å². The minimum atomic E-state index is -4.55. The quantitative estimate of drug-likeness (QED) is 0.835. The highest BCUT2D eigenvalue weighted by atomic mass is 19.4. The molecule has 136 valence electrons. The van der Waals surface area contributed by atoms with Gasteiger partial charge in [-0.2, -0.15) is 18.4 Å². The van der Waals surface area contributed by atoms with E-state index in [1.165, 1.54) is 12.4 Å². The number of rotatable bonds is 4. The van der Waals surface area contributed by atoms with E-state index in [1.807, 2.05) is 17.9 Å². The summed E-state index contributed by atoms with van der Waals surface area (Å²) >= 11 is 0. The van der Waals surface area contributed by atoms with E-state index < -0.39 is 11.7 Å². The number of hydrogen-bond acceptors (Lipinski definition) is 5. The third-order valence-corrected chi connectivity index (χ3v) is 4.60. The molecular weight excluding hydrogens is 343 g/mol. The average molecular weight is 361 g/mol. The lowest BCUT2D eigenvalue weighted by Gasteiger charge is -2.31. The van der Waals surface area contributed by atoms with Crippen molar-refractivity contribution in [3.05, 3.63) is 47.9 Å². The third-order valence-electron chi connectivity index (χ3n) is 4.60. The lowest BCUT2D eigenvalue weighted by Crippen LogP contribution is -2.38. The number of benzene rings is 1. The van der Waals surface area contributed by atoms with Crippen LogP contribution >= 0.6 is 0 Å². The van der Waals surface area contributed by atoms with Crippen LogP contribution in [0.2, 0.25) is 0 Å². The van der Waals surface area contributed by atoms with Crippen molar-refractivity contribution in [1.82, 2.24) is 9.97 Å². The third kappa shape index (κ3) is 3.57. The van der Waals surface area contributed by atoms with Gasteiger partial charge in [-0.3, -0.25) is 0 Å². The Morgan fingerprint density at radius 1 is 1.35 bits per heavy atom. The van der Waals surface area contributed by atoms with Crippen LogP contribution in [0.15, 0.2) is 36.8 Å². The molecule has 1 fully saturated rings. The molecule has 1 aromatic carbocycles. The molecule has 3 rings (SSSR count). The zero-order valence-electron chi connectivity index (χ0n) is 14.2. The largest absolute Gasteiger partial charge is 0.417 e. The number of alkyl halides is 3. The second-order valence-corrected chi connectivity index (χ2v) is 6.08. The molecule has 0 bridgehead atoms. The fourth-order valence-corrected chi connectivity index (χ4v) is 3.37. The molecule has 0 saturated carbocycles. The first kappa shape index (κ1) is 18.0. The Balaban J connectivity index is 1.85. The van der Waals surface area contributed by atoms with Crippen LogP contribution in [-0.4, -0.2) is 35.6 Å². The topological polar surface area (TPSA) is 56.1 Å². The van der Waals surface area contributed by atoms with Crippen molar-refractivity contribution in [2.45, 2.75) is 25.6 Å². The summed E-state index contributed by atoms with van der Waals surface area (Å²) in [6, 6.07) is 7.43. The Morgan fingerprint density at radius 3 is 2.77 bits per heavy atom. The summed E-state index contributed by atoms with van der Waals surface area (Å²) < 4.78 is 39.8. The van der Waals surface area contributed by atoms with Crippen LogP contribution in [0.1, 0.15) is 24.5 Å². The molecule has 1 atom stereocenters. The van der Waals surface area contributed by atoms with Gasteiger partial charge >= 0.3 is 6.18 Å². The summed E-state index contributed by atoms with van der Waals surface area (Å²) in [5.41, 5.74) is -0.763. The molecule has 0 amide bonds. The van der Waals surface area contributed by atoms with E-state index in [-0.39, 0.29) is 11.6 Å². The van der Waals surface area contributed by atoms with Crippen molar-refractivity contribution >= 4 is 11.5 Å². The predicted octanol–water partition coefficient (Wildman–Crippen LogP) is 3.47. The molecule has 1 aliphatic rings. The number of nitrogens with zero attached hydrogens (tertiary/aromatic N) is 5. The van der Waals surface area contributed by atoms with E-state index in [1.54, 1.807) is 18.3 Å². The molecule has 5 nitrogen and oxygen atoms in total. The van der Waals surface area contributed by atoms with Gasteiger partial charge in [0.2, 0.25) is 0 Å². The monoisotopic (exact) mass is 361 g/mol. The summed E-state index contributed by atoms with van der Waals surface area (Å²) in [5.74, 6) is 0.814. The highest BCUT2D eigenvalue weighted by Gasteiger charge is 2.35. The van der Waals surface area contributed by atoms with Crippen molar-refractivity contribution in [3.63, 3.8) is 0 Å². The molecule has 1 unspecified atom stereocenters. The summed E-state index contributed by atoms with van der Waals surface area (Å²) in [7, 11) is 0. The van der Waals surface area contributed by atoms with E-state index in [4.69, 9.17) is 5.26 Å². The van der Waals surface area contributed by atoms with Crippen molar-refractivity contribution in [3.8, 4) is 6.07 Å². The zero-order chi connectivity index (χ0) is 18.7. The maximum absolute atomic E-state index is 13.3. The molecule has 1 saturated heterocycles. The van der Waals surface area contributed by atoms with Crippen LogP contribution in [0.25, 0.3) is 0 Å². The predicted molar refractivity (Wildman–Crippen MR) is 91.8 cm³/mol. The molecule has 2 heterocycles. The van der Waals surface area contributed by atoms with E-state index in [9.17, 15) is 13.2 Å². The van der Waals surface area contributed by atoms with Crippen molar-refractivity contribution in [2.24, 2.45) is 0 Å². The summed E-state index contributed by atoms with van der Waals surface area (Å²) in [6.45, 7) is 3.94. The zero-order valence-corrected chi connectivity index (χ0v) is 14.2. The Labute approximate surface area is 149 Å². The van der Waals surface area contributed by atoms with Gasteiger partial charge in [0.15, 0.2) is 0 Å². The molecule has 0 N–H and O–H groups in total. The Morgan fingerprint density at radius 2 is 2.15 bits per heavy atom. The Kier molecular flexibility index (Phi) is 4.98. The van der Waals surface area contributed by atoms with Gasteiger partial charge in [0.1, 0.15) is 12.1 Å². The van der Waals surface area contributed by atoms with Crippen LogP contribution in [0.3, 0.4) is 0 Å². The van der Waals surface area contributed by atoms with Crippen molar-refractivity contribution < 1.29 is 13.2 Å². The maximum atomic E-state index is 13.3. The Hall–Kier alpha value is -2.82. The van der Waals surface area contributed by atoms with Gasteiger partial charge in [-0.05, 0) is 37.6 Å². The normalized spacial score (nSPS) is 17.2. The molecule has 1 aromatic heterocycles. The standard InChI is InChI=1S/C18H18F3N5/c1-2-26(14-4-3-13(10-22)16(9-14)18(19,20)21)15-6-8-25(11-15)17-5-7-23-12-24-17/h3-5,7,9,12,15H,2,6,8,11H2,1H3. The van der Waals surface area contributed by atoms with E-state index >= 15 is 0 Å². The van der Waals surface area contributed by atoms with Crippen LogP contribution in [0.4, 0.5) is 24.7 Å². The molecule has 26 heavy (non-hydrogen) atoms. The number of halogens is 3. The molecular formula is C18H18F3N5. The second kappa shape index (κ2) is 7.20. The molecule has 8 heteroatoms. The van der Waals surface area contributed by atoms with Gasteiger partial charge in [0.05, 0.1) is 17.2 Å². The van der Waals surface area contributed by atoms with Crippen LogP contribution < -0.4 is 9.80 Å². The van der Waals surface area contributed by atoms with Gasteiger partial charge in [-0.25, -0.2) is 9.97 Å². The van der Waals surface area contributed by atoms with Crippen molar-refractivity contribution in [1.29, 1.82) is 5.26 Å². The van der Waals surface area contributed by atoms with Crippen LogP contribution in [-0.2, 0) is 6.18 Å². The lowest BCUT2D eigenvalue weighted by atomic mass is 10.1. The first-order valence-corrected chi connectivity index (χ1v) is 8.33. The minimum absolute atomic E-state index is 0.0731. The highest BCUT2D eigenvalue weighted by molar-refractivity contribution is 5.56. The van der Waals surface area contributed by atoms with Crippen molar-refractivity contribution in [2.75, 3.05) is 29.4 Å². The van der Waals surface area contributed by atoms with Gasteiger partial charge in [-0.15, -0.1) is 0 Å². The molecule has 2 aromatic rings. The second-order valence-electron chi connectivity index (χ2n) is 6.08. The van der Waals surface area contributed by atoms with E-state index in [0.29, 0.717) is 18.8 Å². The smallest absolute Gasteiger partial charge is 0.367 e. The van der Waals surface area contributed by atoms with E-state index in [2.05, 4.69) is 14.9 Å². The Bertz CT molecular complexity index is 801. The minimum Gasteiger partial charge on any atom is -0.367 e. The number of aromatic nitrogens is 2. The van der Waals surface area contributed by atoms with Gasteiger partial charge in [-0.1, -0.05) is 0 Å². The number of likely N-dealkylation sites (N-methyl/N-ethyl adjacent to an activating group) is 1. The van der Waals surface area contributed by atoms with Crippen LogP contribution in [0, 0.1) is 11.3 Å². The van der Waals surface area contributed by atoms with Gasteiger partial charge < -0.3 is 9.80 Å². The lowest BCUT2D eigenvalue weighted by molar-refractivity contribution is -0.137. The number of anilines is 2. The first-order valence-electron chi connectivity index (χ1n) is 8.33. The molecule has 0 spiro atoms. The first-order chi connectivity index (χ1) is 12.4. The van der Waals surface area contributed by atoms with Crippen LogP contribution in [0.5, 0.6) is 0 Å². The highest BCUT2D eigenvalue weighted by Crippen LogP contribution is 2.35.